The largest absolute Gasteiger partial charge is 0.326 e. The molecule has 1 nitrogen and oxygen atoms in total. The molecule has 0 saturated heterocycles. The van der Waals surface area contributed by atoms with Crippen molar-refractivity contribution in [1.29, 1.82) is 0 Å². The average Bonchev–Trinajstić information content (AvgIpc) is 1.91. The van der Waals surface area contributed by atoms with Crippen molar-refractivity contribution in [3.05, 3.63) is 35.9 Å². The van der Waals surface area contributed by atoms with Crippen molar-refractivity contribution >= 4 is 0 Å². The fourth-order valence-electron chi connectivity index (χ4n) is 0.596. The van der Waals surface area contributed by atoms with E-state index in [-0.39, 0.29) is 0 Å². The Morgan fingerprint density at radius 3 is 2.75 bits per heavy atom. The highest BCUT2D eigenvalue weighted by Crippen LogP contribution is 1.94. The normalized spacial score (nSPS) is 10.8. The van der Waals surface area contributed by atoms with Crippen molar-refractivity contribution in [3.8, 4) is 0 Å². The van der Waals surface area contributed by atoms with Gasteiger partial charge in [0.15, 0.2) is 0 Å². The summed E-state index contributed by atoms with van der Waals surface area (Å²) >= 11 is 0. The van der Waals surface area contributed by atoms with Crippen LogP contribution < -0.4 is 5.73 Å². The lowest BCUT2D eigenvalue weighted by molar-refractivity contribution is 1.07. The quantitative estimate of drug-likeness (QED) is 0.604. The SMILES string of the molecule is [2H]NCc1ccccc1. The number of hydrogen-bond donors (Lipinski definition) is 1. The molecule has 1 heteroatoms. The van der Waals surface area contributed by atoms with E-state index in [9.17, 15) is 0 Å². The second kappa shape index (κ2) is 2.48. The van der Waals surface area contributed by atoms with Gasteiger partial charge in [-0.25, -0.2) is 0 Å². The first kappa shape index (κ1) is 4.10. The van der Waals surface area contributed by atoms with Crippen LogP contribution in [0.5, 0.6) is 0 Å². The summed E-state index contributed by atoms with van der Waals surface area (Å²) in [5.74, 6) is 0. The third-order valence-corrected chi connectivity index (χ3v) is 1.05. The Labute approximate surface area is 50.6 Å². The second-order valence-corrected chi connectivity index (χ2v) is 1.66. The van der Waals surface area contributed by atoms with Crippen molar-refractivity contribution in [1.82, 2.24) is 0 Å². The summed E-state index contributed by atoms with van der Waals surface area (Å²) in [7, 11) is 0. The molecule has 0 amide bonds. The summed E-state index contributed by atoms with van der Waals surface area (Å²) in [6, 6.07) is 9.87. The number of nitrogens with two attached hydrogens (primary N) is 1. The molecule has 0 bridgehead atoms. The average molecular weight is 108 g/mol. The maximum absolute atomic E-state index is 6.69. The Morgan fingerprint density at radius 1 is 1.38 bits per heavy atom. The van der Waals surface area contributed by atoms with E-state index in [1.807, 2.05) is 30.3 Å². The van der Waals surface area contributed by atoms with Crippen LogP contribution in [-0.4, -0.2) is 0 Å². The first-order valence-corrected chi connectivity index (χ1v) is 2.62. The third-order valence-electron chi connectivity index (χ3n) is 1.05. The Balaban J connectivity index is 2.61. The van der Waals surface area contributed by atoms with Gasteiger partial charge in [0.05, 0.1) is 0 Å². The number of hydrogen-bond acceptors (Lipinski definition) is 1. The topological polar surface area (TPSA) is 26.0 Å². The van der Waals surface area contributed by atoms with Gasteiger partial charge >= 0.3 is 0 Å². The van der Waals surface area contributed by atoms with Gasteiger partial charge in [0.25, 0.3) is 0 Å². The van der Waals surface area contributed by atoms with Gasteiger partial charge in [-0.05, 0) is 5.56 Å². The predicted molar refractivity (Wildman–Crippen MR) is 34.3 cm³/mol. The number of rotatable bonds is 2. The molecule has 0 aliphatic rings. The maximum atomic E-state index is 6.69. The molecule has 1 aromatic rings. The summed E-state index contributed by atoms with van der Waals surface area (Å²) < 4.78 is 6.69. The maximum Gasteiger partial charge on any atom is 0.119 e. The van der Waals surface area contributed by atoms with E-state index < -0.39 is 0 Å². The molecule has 0 saturated carbocycles. The van der Waals surface area contributed by atoms with Crippen LogP contribution >= 0.6 is 0 Å². The van der Waals surface area contributed by atoms with Crippen molar-refractivity contribution in [2.75, 3.05) is 0 Å². The zero-order chi connectivity index (χ0) is 6.53. The van der Waals surface area contributed by atoms with Gasteiger partial charge in [-0.2, -0.15) is 0 Å². The molecular weight excluding hydrogens is 98.1 g/mol. The van der Waals surface area contributed by atoms with Gasteiger partial charge < -0.3 is 5.73 Å². The van der Waals surface area contributed by atoms with Gasteiger partial charge in [-0.3, -0.25) is 0 Å². The lowest BCUT2D eigenvalue weighted by atomic mass is 10.2. The van der Waals surface area contributed by atoms with Crippen LogP contribution in [-0.2, 0) is 6.54 Å². The molecule has 2 N–H and O–H groups in total. The van der Waals surface area contributed by atoms with E-state index in [1.165, 1.54) is 0 Å². The minimum atomic E-state index is 0.626. The molecule has 0 radical (unpaired) electrons. The van der Waals surface area contributed by atoms with E-state index in [0.717, 1.165) is 5.56 Å². The standard InChI is InChI=1S/C7H9N/c8-6-7-4-2-1-3-5-7/h1-5H,6,8H2/i/hD. The molecule has 0 aliphatic heterocycles. The summed E-state index contributed by atoms with van der Waals surface area (Å²) in [5, 5.41) is 0. The van der Waals surface area contributed by atoms with Crippen LogP contribution in [0.25, 0.3) is 0 Å². The molecular formula is C7H9N. The Hall–Kier alpha value is -0.820. The smallest absolute Gasteiger partial charge is 0.119 e. The highest BCUT2D eigenvalue weighted by atomic mass is 14.5. The van der Waals surface area contributed by atoms with Crippen molar-refractivity contribution in [3.63, 3.8) is 0 Å². The lowest BCUT2D eigenvalue weighted by Gasteiger charge is -1.90. The highest BCUT2D eigenvalue weighted by Gasteiger charge is 1.80. The van der Waals surface area contributed by atoms with E-state index in [2.05, 4.69) is 5.73 Å². The minimum Gasteiger partial charge on any atom is -0.326 e. The van der Waals surface area contributed by atoms with E-state index >= 15 is 0 Å². The molecule has 0 fully saturated rings. The third kappa shape index (κ3) is 1.07. The Morgan fingerprint density at radius 2 is 2.12 bits per heavy atom. The van der Waals surface area contributed by atoms with Crippen LogP contribution in [0, 0.1) is 0 Å². The summed E-state index contributed by atoms with van der Waals surface area (Å²) in [6.45, 7) is 0.626. The molecule has 8 heavy (non-hydrogen) atoms. The second-order valence-electron chi connectivity index (χ2n) is 1.66. The molecule has 0 spiro atoms. The first-order valence-electron chi connectivity index (χ1n) is 3.12. The predicted octanol–water partition coefficient (Wildman–Crippen LogP) is 1.15. The van der Waals surface area contributed by atoms with Gasteiger partial charge in [-0.15, -0.1) is 0 Å². The van der Waals surface area contributed by atoms with Crippen molar-refractivity contribution < 1.29 is 1.41 Å². The van der Waals surface area contributed by atoms with Crippen LogP contribution in [0.15, 0.2) is 30.3 Å². The van der Waals surface area contributed by atoms with E-state index in [4.69, 9.17) is 1.41 Å². The first-order chi connectivity index (χ1) is 4.43. The van der Waals surface area contributed by atoms with Crippen LogP contribution in [0.3, 0.4) is 0 Å². The van der Waals surface area contributed by atoms with Crippen molar-refractivity contribution in [2.24, 2.45) is 5.73 Å². The highest BCUT2D eigenvalue weighted by molar-refractivity contribution is 5.13. The molecule has 0 aliphatic carbocycles. The summed E-state index contributed by atoms with van der Waals surface area (Å²) in [4.78, 5) is 0. The molecule has 1 rings (SSSR count). The van der Waals surface area contributed by atoms with E-state index in [1.54, 1.807) is 0 Å². The molecule has 0 heterocycles. The summed E-state index contributed by atoms with van der Waals surface area (Å²) in [6.07, 6.45) is 0. The van der Waals surface area contributed by atoms with Gasteiger partial charge in [0.1, 0.15) is 1.41 Å². The van der Waals surface area contributed by atoms with Crippen LogP contribution in [0.4, 0.5) is 0 Å². The molecule has 1 aromatic carbocycles. The van der Waals surface area contributed by atoms with Gasteiger partial charge in [0.2, 0.25) is 0 Å². The molecule has 0 atom stereocenters. The number of benzene rings is 1. The monoisotopic (exact) mass is 108 g/mol. The Bertz CT molecular complexity index is 162. The summed E-state index contributed by atoms with van der Waals surface area (Å²) in [5.41, 5.74) is 3.48. The fourth-order valence-corrected chi connectivity index (χ4v) is 0.596. The molecule has 42 valence electrons. The van der Waals surface area contributed by atoms with Crippen molar-refractivity contribution in [2.45, 2.75) is 6.54 Å². The van der Waals surface area contributed by atoms with E-state index in [0.29, 0.717) is 6.54 Å². The molecule has 0 aromatic heterocycles. The molecule has 0 unspecified atom stereocenters. The van der Waals surface area contributed by atoms with Gasteiger partial charge in [0, 0.05) is 6.54 Å². The minimum absolute atomic E-state index is 0.626. The van der Waals surface area contributed by atoms with Gasteiger partial charge in [-0.1, -0.05) is 30.3 Å². The van der Waals surface area contributed by atoms with Crippen LogP contribution in [0.2, 0.25) is 1.41 Å². The lowest BCUT2D eigenvalue weighted by Crippen LogP contribution is -1.94. The van der Waals surface area contributed by atoms with Crippen LogP contribution in [0.1, 0.15) is 5.56 Å². The zero-order valence-corrected chi connectivity index (χ0v) is 4.59. The fraction of sp³-hybridized carbons (Fsp3) is 0.143. The Kier molecular flexibility index (Phi) is 1.27. The zero-order valence-electron chi connectivity index (χ0n) is 5.59.